The molecule has 2 amide bonds. The Balaban J connectivity index is 2.23. The molecule has 8 nitrogen and oxygen atoms in total. The molecule has 2 aromatic carbocycles. The van der Waals surface area contributed by atoms with E-state index in [-0.39, 0.29) is 16.4 Å². The first-order chi connectivity index (χ1) is 16.7. The van der Waals surface area contributed by atoms with Crippen LogP contribution in [0.25, 0.3) is 22.0 Å². The van der Waals surface area contributed by atoms with E-state index in [1.54, 1.807) is 84.0 Å². The topological polar surface area (TPSA) is 95.0 Å². The largest absolute Gasteiger partial charge is 0.464 e. The Labute approximate surface area is 215 Å². The second-order valence-corrected chi connectivity index (χ2v) is 10.4. The van der Waals surface area contributed by atoms with Crippen molar-refractivity contribution in [1.29, 1.82) is 0 Å². The minimum absolute atomic E-state index is 0.114. The number of benzene rings is 2. The molecule has 0 saturated carbocycles. The van der Waals surface area contributed by atoms with Crippen molar-refractivity contribution >= 4 is 46.2 Å². The van der Waals surface area contributed by atoms with Gasteiger partial charge in [0.05, 0.1) is 23.5 Å². The molecule has 0 aliphatic rings. The monoisotopic (exact) mass is 512 g/mol. The summed E-state index contributed by atoms with van der Waals surface area (Å²) in [5.41, 5.74) is -0.374. The van der Waals surface area contributed by atoms with Gasteiger partial charge in [0, 0.05) is 10.9 Å². The zero-order valence-corrected chi connectivity index (χ0v) is 22.1. The van der Waals surface area contributed by atoms with Crippen molar-refractivity contribution in [2.75, 3.05) is 12.0 Å². The van der Waals surface area contributed by atoms with Crippen LogP contribution in [0.3, 0.4) is 0 Å². The molecule has 0 N–H and O–H groups in total. The molecule has 3 rings (SSSR count). The van der Waals surface area contributed by atoms with Gasteiger partial charge >= 0.3 is 18.2 Å². The Morgan fingerprint density at radius 2 is 1.44 bits per heavy atom. The third kappa shape index (κ3) is 6.31. The van der Waals surface area contributed by atoms with Crippen LogP contribution in [0.5, 0.6) is 0 Å². The van der Waals surface area contributed by atoms with Crippen LogP contribution in [0.2, 0.25) is 5.02 Å². The molecule has 0 aliphatic heterocycles. The van der Waals surface area contributed by atoms with Crippen LogP contribution >= 0.6 is 11.6 Å². The van der Waals surface area contributed by atoms with Crippen LogP contribution in [-0.4, -0.2) is 41.5 Å². The lowest BCUT2D eigenvalue weighted by Crippen LogP contribution is -2.44. The average molecular weight is 513 g/mol. The number of nitrogens with zero attached hydrogens (tertiary/aromatic N) is 2. The zero-order valence-electron chi connectivity index (χ0n) is 21.3. The number of ether oxygens (including phenoxy) is 3. The number of hydrogen-bond donors (Lipinski definition) is 0. The lowest BCUT2D eigenvalue weighted by atomic mass is 10.0. The molecule has 0 saturated heterocycles. The van der Waals surface area contributed by atoms with Gasteiger partial charge in [-0.15, -0.1) is 0 Å². The molecular formula is C27H29ClN2O6. The highest BCUT2D eigenvalue weighted by Crippen LogP contribution is 2.38. The molecule has 0 spiro atoms. The summed E-state index contributed by atoms with van der Waals surface area (Å²) in [4.78, 5) is 43.7. The molecule has 0 radical (unpaired) electrons. The predicted octanol–water partition coefficient (Wildman–Crippen LogP) is 7.02. The number of halogens is 1. The highest BCUT2D eigenvalue weighted by molar-refractivity contribution is 6.37. The number of esters is 1. The maximum absolute atomic E-state index is 13.3. The molecule has 1 aromatic heterocycles. The fourth-order valence-corrected chi connectivity index (χ4v) is 3.60. The Bertz CT molecular complexity index is 1300. The lowest BCUT2D eigenvalue weighted by molar-refractivity contribution is 0.0430. The van der Waals surface area contributed by atoms with Crippen molar-refractivity contribution in [3.05, 3.63) is 59.2 Å². The number of pyridine rings is 1. The number of rotatable bonds is 3. The summed E-state index contributed by atoms with van der Waals surface area (Å²) < 4.78 is 15.8. The van der Waals surface area contributed by atoms with Gasteiger partial charge in [-0.3, -0.25) is 0 Å². The van der Waals surface area contributed by atoms with Crippen molar-refractivity contribution in [1.82, 2.24) is 4.98 Å². The summed E-state index contributed by atoms with van der Waals surface area (Å²) in [6, 6.07) is 13.7. The number of imide groups is 1. The summed E-state index contributed by atoms with van der Waals surface area (Å²) in [5, 5.41) is 1.34. The minimum Gasteiger partial charge on any atom is -0.464 e. The van der Waals surface area contributed by atoms with Gasteiger partial charge in [-0.2, -0.15) is 4.90 Å². The Hall–Kier alpha value is -3.65. The zero-order chi connectivity index (χ0) is 26.8. The van der Waals surface area contributed by atoms with Gasteiger partial charge in [0.15, 0.2) is 0 Å². The number of carbonyl (C=O) groups is 3. The standard InChI is InChI=1S/C27H29ClN2O6/c1-26(2,3)35-24(32)30(25(33)36-27(4,5)6)22-18-15-17(12-11-16(18)13-14-19(22)28)20-9-8-10-21(29-20)23(31)34-7/h8-15H,1-7H3. The van der Waals surface area contributed by atoms with Gasteiger partial charge in [0.2, 0.25) is 0 Å². The second-order valence-electron chi connectivity index (χ2n) is 10.0. The quantitative estimate of drug-likeness (QED) is 0.275. The Kier molecular flexibility index (Phi) is 7.59. The van der Waals surface area contributed by atoms with Crippen LogP contribution in [-0.2, 0) is 14.2 Å². The smallest absolute Gasteiger partial charge is 0.424 e. The van der Waals surface area contributed by atoms with Crippen LogP contribution in [0.1, 0.15) is 52.0 Å². The van der Waals surface area contributed by atoms with Gasteiger partial charge in [0.1, 0.15) is 16.9 Å². The third-order valence-corrected chi connectivity index (χ3v) is 5.06. The van der Waals surface area contributed by atoms with E-state index < -0.39 is 29.4 Å². The molecule has 0 bridgehead atoms. The SMILES string of the molecule is COC(=O)c1cccc(-c2ccc3ccc(Cl)c(N(C(=O)OC(C)(C)C)C(=O)OC(C)(C)C)c3c2)n1. The van der Waals surface area contributed by atoms with E-state index in [0.717, 1.165) is 4.90 Å². The summed E-state index contributed by atoms with van der Waals surface area (Å²) >= 11 is 6.58. The Morgan fingerprint density at radius 1 is 0.861 bits per heavy atom. The number of amides is 2. The van der Waals surface area contributed by atoms with E-state index in [1.165, 1.54) is 7.11 Å². The van der Waals surface area contributed by atoms with E-state index in [2.05, 4.69) is 4.98 Å². The molecule has 3 aromatic rings. The number of methoxy groups -OCH3 is 1. The first kappa shape index (κ1) is 26.9. The maximum Gasteiger partial charge on any atom is 0.424 e. The fraction of sp³-hybridized carbons (Fsp3) is 0.333. The minimum atomic E-state index is -0.928. The van der Waals surface area contributed by atoms with Crippen molar-refractivity contribution < 1.29 is 28.6 Å². The number of carbonyl (C=O) groups excluding carboxylic acids is 3. The molecule has 1 heterocycles. The summed E-state index contributed by atoms with van der Waals surface area (Å²) in [7, 11) is 1.28. The van der Waals surface area contributed by atoms with E-state index in [4.69, 9.17) is 25.8 Å². The van der Waals surface area contributed by atoms with Gasteiger partial charge in [-0.05, 0) is 71.2 Å². The molecule has 0 atom stereocenters. The van der Waals surface area contributed by atoms with Crippen molar-refractivity contribution in [3.63, 3.8) is 0 Å². The first-order valence-electron chi connectivity index (χ1n) is 11.2. The lowest BCUT2D eigenvalue weighted by Gasteiger charge is -2.29. The van der Waals surface area contributed by atoms with E-state index in [9.17, 15) is 14.4 Å². The normalized spacial score (nSPS) is 11.7. The van der Waals surface area contributed by atoms with Crippen molar-refractivity contribution in [2.24, 2.45) is 0 Å². The van der Waals surface area contributed by atoms with E-state index in [1.807, 2.05) is 6.07 Å². The molecule has 9 heteroatoms. The number of fused-ring (bicyclic) bond motifs is 1. The molecule has 0 fully saturated rings. The van der Waals surface area contributed by atoms with Crippen molar-refractivity contribution in [2.45, 2.75) is 52.7 Å². The van der Waals surface area contributed by atoms with Crippen molar-refractivity contribution in [3.8, 4) is 11.3 Å². The molecule has 36 heavy (non-hydrogen) atoms. The summed E-state index contributed by atoms with van der Waals surface area (Å²) in [6.45, 7) is 10.2. The third-order valence-electron chi connectivity index (χ3n) is 4.76. The van der Waals surface area contributed by atoms with E-state index in [0.29, 0.717) is 22.0 Å². The molecule has 0 aliphatic carbocycles. The highest BCUT2D eigenvalue weighted by Gasteiger charge is 2.35. The average Bonchev–Trinajstić information content (AvgIpc) is 2.77. The fourth-order valence-electron chi connectivity index (χ4n) is 3.35. The number of anilines is 1. The molecule has 190 valence electrons. The second kappa shape index (κ2) is 10.1. The number of hydrogen-bond acceptors (Lipinski definition) is 7. The van der Waals surface area contributed by atoms with Crippen LogP contribution in [0, 0.1) is 0 Å². The Morgan fingerprint density at radius 3 is 2.00 bits per heavy atom. The molecular weight excluding hydrogens is 484 g/mol. The molecule has 0 unspecified atom stereocenters. The summed E-state index contributed by atoms with van der Waals surface area (Å²) in [6.07, 6.45) is -1.86. The summed E-state index contributed by atoms with van der Waals surface area (Å²) in [5.74, 6) is -0.567. The first-order valence-corrected chi connectivity index (χ1v) is 11.6. The highest BCUT2D eigenvalue weighted by atomic mass is 35.5. The van der Waals surface area contributed by atoms with Gasteiger partial charge in [-0.25, -0.2) is 19.4 Å². The maximum atomic E-state index is 13.3. The van der Waals surface area contributed by atoms with Gasteiger partial charge in [-0.1, -0.05) is 35.9 Å². The van der Waals surface area contributed by atoms with Crippen LogP contribution in [0.4, 0.5) is 15.3 Å². The van der Waals surface area contributed by atoms with Gasteiger partial charge in [0.25, 0.3) is 0 Å². The van der Waals surface area contributed by atoms with Crippen LogP contribution < -0.4 is 4.90 Å². The number of aromatic nitrogens is 1. The predicted molar refractivity (Wildman–Crippen MR) is 138 cm³/mol. The van der Waals surface area contributed by atoms with Crippen LogP contribution in [0.15, 0.2) is 48.5 Å². The van der Waals surface area contributed by atoms with Gasteiger partial charge < -0.3 is 14.2 Å². The van der Waals surface area contributed by atoms with E-state index >= 15 is 0 Å².